The Morgan fingerprint density at radius 2 is 2.05 bits per heavy atom. The van der Waals surface area contributed by atoms with Crippen molar-refractivity contribution in [2.75, 3.05) is 26.8 Å². The maximum absolute atomic E-state index is 12.3. The van der Waals surface area contributed by atoms with E-state index in [0.717, 1.165) is 19.1 Å². The van der Waals surface area contributed by atoms with Crippen molar-refractivity contribution >= 4 is 17.4 Å². The average Bonchev–Trinajstić information content (AvgIpc) is 3.26. The van der Waals surface area contributed by atoms with E-state index in [0.29, 0.717) is 17.2 Å². The molecule has 2 rings (SSSR count). The molecule has 1 aliphatic rings. The molecule has 0 aromatic heterocycles. The zero-order chi connectivity index (χ0) is 14.5. The van der Waals surface area contributed by atoms with E-state index in [1.807, 2.05) is 18.9 Å². The standard InChI is InChI=1S/C16H22ClNO2/c1-12(16(19)14-5-7-15(17)8-6-14)18(2)9-10-20-11-13-3-4-13/h5-8,12-13H,3-4,9-11H2,1-2H3. The monoisotopic (exact) mass is 295 g/mol. The summed E-state index contributed by atoms with van der Waals surface area (Å²) in [5, 5.41) is 0.649. The first kappa shape index (κ1) is 15.5. The van der Waals surface area contributed by atoms with Gasteiger partial charge >= 0.3 is 0 Å². The Hall–Kier alpha value is -0.900. The molecule has 0 N–H and O–H groups in total. The van der Waals surface area contributed by atoms with E-state index in [1.54, 1.807) is 24.3 Å². The molecule has 0 aliphatic heterocycles. The number of ether oxygens (including phenoxy) is 1. The van der Waals surface area contributed by atoms with Gasteiger partial charge in [-0.2, -0.15) is 0 Å². The summed E-state index contributed by atoms with van der Waals surface area (Å²) < 4.78 is 5.61. The molecule has 0 spiro atoms. The first-order chi connectivity index (χ1) is 9.58. The van der Waals surface area contributed by atoms with E-state index in [-0.39, 0.29) is 11.8 Å². The fourth-order valence-corrected chi connectivity index (χ4v) is 2.12. The van der Waals surface area contributed by atoms with E-state index in [9.17, 15) is 4.79 Å². The van der Waals surface area contributed by atoms with E-state index in [1.165, 1.54) is 12.8 Å². The molecule has 0 saturated heterocycles. The molecule has 1 fully saturated rings. The van der Waals surface area contributed by atoms with E-state index < -0.39 is 0 Å². The predicted octanol–water partition coefficient (Wildman–Crippen LogP) is 3.27. The minimum Gasteiger partial charge on any atom is -0.380 e. The lowest BCUT2D eigenvalue weighted by molar-refractivity contribution is 0.0749. The number of ketones is 1. The second kappa shape index (κ2) is 7.21. The third kappa shape index (κ3) is 4.58. The predicted molar refractivity (Wildman–Crippen MR) is 81.4 cm³/mol. The molecule has 3 nitrogen and oxygen atoms in total. The molecule has 0 heterocycles. The summed E-state index contributed by atoms with van der Waals surface area (Å²) in [5.74, 6) is 0.903. The summed E-state index contributed by atoms with van der Waals surface area (Å²) in [6, 6.07) is 6.90. The zero-order valence-corrected chi connectivity index (χ0v) is 12.9. The summed E-state index contributed by atoms with van der Waals surface area (Å²) in [7, 11) is 1.96. The van der Waals surface area contributed by atoms with Crippen molar-refractivity contribution in [3.05, 3.63) is 34.9 Å². The third-order valence-corrected chi connectivity index (χ3v) is 4.06. The molecule has 1 saturated carbocycles. The van der Waals surface area contributed by atoms with Crippen molar-refractivity contribution in [3.63, 3.8) is 0 Å². The molecule has 0 bridgehead atoms. The van der Waals surface area contributed by atoms with Gasteiger partial charge in [-0.1, -0.05) is 11.6 Å². The molecule has 0 amide bonds. The smallest absolute Gasteiger partial charge is 0.179 e. The van der Waals surface area contributed by atoms with Gasteiger partial charge in [-0.3, -0.25) is 9.69 Å². The molecule has 1 unspecified atom stereocenters. The summed E-state index contributed by atoms with van der Waals surface area (Å²) in [5.41, 5.74) is 0.702. The Balaban J connectivity index is 1.77. The highest BCUT2D eigenvalue weighted by Gasteiger charge is 2.22. The Bertz CT molecular complexity index is 442. The number of hydrogen-bond donors (Lipinski definition) is 0. The van der Waals surface area contributed by atoms with Gasteiger partial charge in [0.2, 0.25) is 0 Å². The Morgan fingerprint density at radius 3 is 2.65 bits per heavy atom. The van der Waals surface area contributed by atoms with Crippen molar-refractivity contribution in [1.82, 2.24) is 4.90 Å². The van der Waals surface area contributed by atoms with Gasteiger partial charge in [-0.15, -0.1) is 0 Å². The summed E-state index contributed by atoms with van der Waals surface area (Å²) in [4.78, 5) is 14.4. The van der Waals surface area contributed by atoms with Crippen LogP contribution in [-0.4, -0.2) is 43.5 Å². The van der Waals surface area contributed by atoms with Crippen LogP contribution in [0.15, 0.2) is 24.3 Å². The van der Waals surface area contributed by atoms with Crippen molar-refractivity contribution in [2.45, 2.75) is 25.8 Å². The number of hydrogen-bond acceptors (Lipinski definition) is 3. The molecule has 0 radical (unpaired) electrons. The fraction of sp³-hybridized carbons (Fsp3) is 0.562. The van der Waals surface area contributed by atoms with Gasteiger partial charge in [0.1, 0.15) is 0 Å². The largest absolute Gasteiger partial charge is 0.380 e. The number of likely N-dealkylation sites (N-methyl/N-ethyl adjacent to an activating group) is 1. The average molecular weight is 296 g/mol. The van der Waals surface area contributed by atoms with Crippen LogP contribution in [0.25, 0.3) is 0 Å². The van der Waals surface area contributed by atoms with Crippen LogP contribution in [0.4, 0.5) is 0 Å². The first-order valence-electron chi connectivity index (χ1n) is 7.15. The van der Waals surface area contributed by atoms with Gasteiger partial charge < -0.3 is 4.74 Å². The Labute approximate surface area is 125 Å². The van der Waals surface area contributed by atoms with Crippen LogP contribution in [0, 0.1) is 5.92 Å². The SMILES string of the molecule is CC(C(=O)c1ccc(Cl)cc1)N(C)CCOCC1CC1. The van der Waals surface area contributed by atoms with Crippen LogP contribution in [0.3, 0.4) is 0 Å². The number of nitrogens with zero attached hydrogens (tertiary/aromatic N) is 1. The van der Waals surface area contributed by atoms with Gasteiger partial charge in [-0.05, 0) is 57.0 Å². The quantitative estimate of drug-likeness (QED) is 0.544. The van der Waals surface area contributed by atoms with Gasteiger partial charge in [0.25, 0.3) is 0 Å². The summed E-state index contributed by atoms with van der Waals surface area (Å²) in [6.07, 6.45) is 2.61. The van der Waals surface area contributed by atoms with E-state index >= 15 is 0 Å². The maximum atomic E-state index is 12.3. The Kier molecular flexibility index (Phi) is 5.58. The number of halogens is 1. The molecule has 4 heteroatoms. The fourth-order valence-electron chi connectivity index (χ4n) is 1.99. The number of carbonyl (C=O) groups excluding carboxylic acids is 1. The third-order valence-electron chi connectivity index (χ3n) is 3.81. The molecule has 110 valence electrons. The minimum atomic E-state index is -0.152. The van der Waals surface area contributed by atoms with Crippen molar-refractivity contribution < 1.29 is 9.53 Å². The van der Waals surface area contributed by atoms with Crippen LogP contribution in [0.2, 0.25) is 5.02 Å². The van der Waals surface area contributed by atoms with Gasteiger partial charge in [0.05, 0.1) is 12.6 Å². The normalized spacial score (nSPS) is 16.4. The number of benzene rings is 1. The van der Waals surface area contributed by atoms with Crippen molar-refractivity contribution in [2.24, 2.45) is 5.92 Å². The lowest BCUT2D eigenvalue weighted by Crippen LogP contribution is -2.38. The van der Waals surface area contributed by atoms with E-state index in [4.69, 9.17) is 16.3 Å². The second-order valence-corrected chi connectivity index (χ2v) is 5.98. The molecule has 1 aliphatic carbocycles. The van der Waals surface area contributed by atoms with Crippen LogP contribution in [0.5, 0.6) is 0 Å². The molecular formula is C16H22ClNO2. The molecule has 1 aromatic rings. The number of Topliss-reactive ketones (excluding diaryl/α,β-unsaturated/α-hetero) is 1. The summed E-state index contributed by atoms with van der Waals surface area (Å²) in [6.45, 7) is 4.25. The molecule has 1 aromatic carbocycles. The first-order valence-corrected chi connectivity index (χ1v) is 7.53. The van der Waals surface area contributed by atoms with E-state index in [2.05, 4.69) is 0 Å². The minimum absolute atomic E-state index is 0.117. The molecule has 20 heavy (non-hydrogen) atoms. The maximum Gasteiger partial charge on any atom is 0.179 e. The number of carbonyl (C=O) groups is 1. The highest BCUT2D eigenvalue weighted by atomic mass is 35.5. The van der Waals surface area contributed by atoms with Gasteiger partial charge in [0, 0.05) is 23.7 Å². The lowest BCUT2D eigenvalue weighted by atomic mass is 10.0. The van der Waals surface area contributed by atoms with Crippen LogP contribution >= 0.6 is 11.6 Å². The number of rotatable bonds is 8. The molecule has 1 atom stereocenters. The summed E-state index contributed by atoms with van der Waals surface area (Å²) >= 11 is 5.84. The van der Waals surface area contributed by atoms with Gasteiger partial charge in [-0.25, -0.2) is 0 Å². The lowest BCUT2D eigenvalue weighted by Gasteiger charge is -2.23. The highest BCUT2D eigenvalue weighted by molar-refractivity contribution is 6.30. The molecular weight excluding hydrogens is 274 g/mol. The second-order valence-electron chi connectivity index (χ2n) is 5.55. The van der Waals surface area contributed by atoms with Crippen LogP contribution < -0.4 is 0 Å². The van der Waals surface area contributed by atoms with Crippen LogP contribution in [0.1, 0.15) is 30.1 Å². The zero-order valence-electron chi connectivity index (χ0n) is 12.1. The van der Waals surface area contributed by atoms with Gasteiger partial charge in [0.15, 0.2) is 5.78 Å². The van der Waals surface area contributed by atoms with Crippen molar-refractivity contribution in [3.8, 4) is 0 Å². The van der Waals surface area contributed by atoms with Crippen molar-refractivity contribution in [1.29, 1.82) is 0 Å². The highest BCUT2D eigenvalue weighted by Crippen LogP contribution is 2.28. The Morgan fingerprint density at radius 1 is 1.40 bits per heavy atom. The topological polar surface area (TPSA) is 29.5 Å². The van der Waals surface area contributed by atoms with Crippen LogP contribution in [-0.2, 0) is 4.74 Å².